The second-order valence-corrected chi connectivity index (χ2v) is 8.67. The molecule has 1 aromatic heterocycles. The number of benzene rings is 3. The molecule has 0 unspecified atom stereocenters. The third-order valence-corrected chi connectivity index (χ3v) is 6.00. The van der Waals surface area contributed by atoms with E-state index in [-0.39, 0.29) is 0 Å². The van der Waals surface area contributed by atoms with Gasteiger partial charge in [0, 0.05) is 17.7 Å². The van der Waals surface area contributed by atoms with Crippen LogP contribution < -0.4 is 10.1 Å². The van der Waals surface area contributed by atoms with Crippen LogP contribution in [-0.2, 0) is 6.42 Å². The first-order chi connectivity index (χ1) is 15.4. The molecule has 6 heteroatoms. The molecule has 2 heterocycles. The minimum absolute atomic E-state index is 0.432. The quantitative estimate of drug-likeness (QED) is 0.441. The van der Waals surface area contributed by atoms with E-state index in [1.165, 1.54) is 0 Å². The van der Waals surface area contributed by atoms with Crippen molar-refractivity contribution in [3.8, 4) is 11.8 Å². The van der Waals surface area contributed by atoms with Gasteiger partial charge in [-0.1, -0.05) is 30.3 Å². The Kier molecular flexibility index (Phi) is 4.84. The van der Waals surface area contributed by atoms with Crippen molar-refractivity contribution in [3.05, 3.63) is 89.2 Å². The fourth-order valence-electron chi connectivity index (χ4n) is 4.28. The molecule has 2 atom stereocenters. The number of nitriles is 1. The van der Waals surface area contributed by atoms with E-state index in [0.29, 0.717) is 17.7 Å². The zero-order chi connectivity index (χ0) is 22.3. The summed E-state index contributed by atoms with van der Waals surface area (Å²) in [7, 11) is 0. The number of aromatic nitrogens is 2. The van der Waals surface area contributed by atoms with E-state index in [0.717, 1.165) is 33.7 Å². The van der Waals surface area contributed by atoms with Crippen molar-refractivity contribution in [1.82, 2.24) is 9.97 Å². The number of hydrogen-bond donors (Lipinski definition) is 3. The lowest BCUT2D eigenvalue weighted by molar-refractivity contribution is -0.0532. The van der Waals surface area contributed by atoms with Crippen LogP contribution in [0.2, 0.25) is 0 Å². The van der Waals surface area contributed by atoms with Crippen molar-refractivity contribution in [3.63, 3.8) is 0 Å². The van der Waals surface area contributed by atoms with Crippen LogP contribution in [0.25, 0.3) is 11.0 Å². The van der Waals surface area contributed by atoms with Crippen molar-refractivity contribution >= 4 is 16.7 Å². The van der Waals surface area contributed by atoms with E-state index in [4.69, 9.17) is 9.72 Å². The smallest absolute Gasteiger partial charge is 0.132 e. The Bertz CT molecular complexity index is 1300. The van der Waals surface area contributed by atoms with Crippen molar-refractivity contribution in [1.29, 1.82) is 5.26 Å². The molecule has 1 aliphatic heterocycles. The van der Waals surface area contributed by atoms with Crippen LogP contribution in [0.15, 0.2) is 66.7 Å². The second kappa shape index (κ2) is 7.70. The minimum atomic E-state index is -0.816. The van der Waals surface area contributed by atoms with Crippen LogP contribution >= 0.6 is 0 Å². The first kappa shape index (κ1) is 20.1. The highest BCUT2D eigenvalue weighted by atomic mass is 16.5. The minimum Gasteiger partial charge on any atom is -0.485 e. The Morgan fingerprint density at radius 1 is 1.12 bits per heavy atom. The molecule has 3 aromatic carbocycles. The molecular weight excluding hydrogens is 400 g/mol. The SMILES string of the molecule is CC1(C)Oc2ccc(C#N)cc2[C@H](Nc2ccccc2Cc2nc3ccccc3[nH]2)[C@H]1O. The maximum absolute atomic E-state index is 11.2. The van der Waals surface area contributed by atoms with Gasteiger partial charge < -0.3 is 20.1 Å². The zero-order valence-corrected chi connectivity index (χ0v) is 18.0. The van der Waals surface area contributed by atoms with Crippen molar-refractivity contribution in [2.75, 3.05) is 5.32 Å². The van der Waals surface area contributed by atoms with Crippen molar-refractivity contribution < 1.29 is 9.84 Å². The number of H-pyrrole nitrogens is 1. The lowest BCUT2D eigenvalue weighted by Gasteiger charge is -2.43. The highest BCUT2D eigenvalue weighted by molar-refractivity contribution is 5.75. The molecular formula is C26H24N4O2. The normalized spacial score (nSPS) is 19.1. The molecule has 4 aromatic rings. The molecule has 6 nitrogen and oxygen atoms in total. The van der Waals surface area contributed by atoms with Gasteiger partial charge >= 0.3 is 0 Å². The third kappa shape index (κ3) is 3.57. The topological polar surface area (TPSA) is 94.0 Å². The number of fused-ring (bicyclic) bond motifs is 2. The summed E-state index contributed by atoms with van der Waals surface area (Å²) < 4.78 is 6.04. The second-order valence-electron chi connectivity index (χ2n) is 8.67. The van der Waals surface area contributed by atoms with Crippen molar-refractivity contribution in [2.24, 2.45) is 0 Å². The Morgan fingerprint density at radius 2 is 1.91 bits per heavy atom. The predicted molar refractivity (Wildman–Crippen MR) is 124 cm³/mol. The van der Waals surface area contributed by atoms with E-state index in [2.05, 4.69) is 22.4 Å². The molecule has 0 radical (unpaired) electrons. The maximum atomic E-state index is 11.2. The summed E-state index contributed by atoms with van der Waals surface area (Å²) >= 11 is 0. The lowest BCUT2D eigenvalue weighted by atomic mass is 9.85. The largest absolute Gasteiger partial charge is 0.485 e. The molecule has 5 rings (SSSR count). The fraction of sp³-hybridized carbons (Fsp3) is 0.231. The van der Waals surface area contributed by atoms with Gasteiger partial charge in [-0.05, 0) is 55.8 Å². The number of aliphatic hydroxyl groups excluding tert-OH is 1. The van der Waals surface area contributed by atoms with Gasteiger partial charge in [0.1, 0.15) is 23.3 Å². The average Bonchev–Trinajstić information content (AvgIpc) is 3.20. The van der Waals surface area contributed by atoms with Gasteiger partial charge in [0.15, 0.2) is 0 Å². The van der Waals surface area contributed by atoms with Gasteiger partial charge in [0.25, 0.3) is 0 Å². The number of ether oxygens (including phenoxy) is 1. The van der Waals surface area contributed by atoms with Crippen LogP contribution in [-0.4, -0.2) is 26.8 Å². The molecule has 32 heavy (non-hydrogen) atoms. The molecule has 0 saturated heterocycles. The van der Waals surface area contributed by atoms with Gasteiger partial charge in [0.05, 0.1) is 28.7 Å². The highest BCUT2D eigenvalue weighted by Crippen LogP contribution is 2.42. The summed E-state index contributed by atoms with van der Waals surface area (Å²) in [5, 5.41) is 24.1. The van der Waals surface area contributed by atoms with Crippen LogP contribution in [0.1, 0.15) is 42.4 Å². The van der Waals surface area contributed by atoms with Crippen LogP contribution in [0.4, 0.5) is 5.69 Å². The number of aromatic amines is 1. The Hall–Kier alpha value is -3.82. The van der Waals surface area contributed by atoms with Gasteiger partial charge in [-0.15, -0.1) is 0 Å². The monoisotopic (exact) mass is 424 g/mol. The first-order valence-electron chi connectivity index (χ1n) is 10.6. The number of imidazole rings is 1. The zero-order valence-electron chi connectivity index (χ0n) is 18.0. The summed E-state index contributed by atoms with van der Waals surface area (Å²) in [5.74, 6) is 1.55. The summed E-state index contributed by atoms with van der Waals surface area (Å²) in [6.07, 6.45) is -0.200. The van der Waals surface area contributed by atoms with Gasteiger partial charge in [-0.2, -0.15) is 5.26 Å². The number of nitrogens with zero attached hydrogens (tertiary/aromatic N) is 2. The summed E-state index contributed by atoms with van der Waals surface area (Å²) in [5.41, 5.74) is 4.42. The Balaban J connectivity index is 1.51. The van der Waals surface area contributed by atoms with Gasteiger partial charge in [-0.3, -0.25) is 0 Å². The highest BCUT2D eigenvalue weighted by Gasteiger charge is 2.43. The summed E-state index contributed by atoms with van der Waals surface area (Å²) in [6, 6.07) is 23.1. The van der Waals surface area contributed by atoms with Crippen LogP contribution in [0, 0.1) is 11.3 Å². The van der Waals surface area contributed by atoms with E-state index in [9.17, 15) is 10.4 Å². The average molecular weight is 425 g/mol. The molecule has 0 spiro atoms. The summed E-state index contributed by atoms with van der Waals surface area (Å²) in [6.45, 7) is 3.74. The molecule has 0 fully saturated rings. The molecule has 3 N–H and O–H groups in total. The van der Waals surface area contributed by atoms with Gasteiger partial charge in [-0.25, -0.2) is 4.98 Å². The van der Waals surface area contributed by atoms with E-state index < -0.39 is 17.7 Å². The summed E-state index contributed by atoms with van der Waals surface area (Å²) in [4.78, 5) is 8.09. The van der Waals surface area contributed by atoms with Gasteiger partial charge in [0.2, 0.25) is 0 Å². The number of rotatable bonds is 4. The molecule has 160 valence electrons. The number of nitrogens with one attached hydrogen (secondary N) is 2. The number of hydrogen-bond acceptors (Lipinski definition) is 5. The molecule has 0 amide bonds. The number of aliphatic hydroxyl groups is 1. The lowest BCUT2D eigenvalue weighted by Crippen LogP contribution is -2.50. The molecule has 0 saturated carbocycles. The molecule has 0 aliphatic carbocycles. The molecule has 0 bridgehead atoms. The first-order valence-corrected chi connectivity index (χ1v) is 10.6. The maximum Gasteiger partial charge on any atom is 0.132 e. The van der Waals surface area contributed by atoms with E-state index in [1.54, 1.807) is 18.2 Å². The number of anilines is 1. The molecule has 1 aliphatic rings. The Labute approximate surface area is 186 Å². The van der Waals surface area contributed by atoms with Crippen LogP contribution in [0.5, 0.6) is 5.75 Å². The van der Waals surface area contributed by atoms with Crippen molar-refractivity contribution in [2.45, 2.75) is 38.0 Å². The van der Waals surface area contributed by atoms with E-state index >= 15 is 0 Å². The standard InChI is InChI=1S/C26H24N4O2/c1-26(2)25(31)24(18-13-16(15-27)11-12-22(18)32-26)30-19-8-4-3-7-17(19)14-23-28-20-9-5-6-10-21(20)29-23/h3-13,24-25,30-31H,14H2,1-2H3,(H,28,29)/t24-,25+/m0/s1. The third-order valence-electron chi connectivity index (χ3n) is 6.00. The Morgan fingerprint density at radius 3 is 2.72 bits per heavy atom. The fourth-order valence-corrected chi connectivity index (χ4v) is 4.28. The van der Waals surface area contributed by atoms with E-state index in [1.807, 2.05) is 56.3 Å². The van der Waals surface area contributed by atoms with Crippen LogP contribution in [0.3, 0.4) is 0 Å². The predicted octanol–water partition coefficient (Wildman–Crippen LogP) is 4.71. The number of para-hydroxylation sites is 3.